The van der Waals surface area contributed by atoms with E-state index in [1.165, 1.54) is 24.6 Å². The molecule has 1 aliphatic heterocycles. The van der Waals surface area contributed by atoms with Gasteiger partial charge in [-0.1, -0.05) is 12.1 Å². The molecule has 0 aromatic heterocycles. The predicted molar refractivity (Wildman–Crippen MR) is 86.7 cm³/mol. The molecule has 2 N–H and O–H groups in total. The van der Waals surface area contributed by atoms with Gasteiger partial charge in [0.2, 0.25) is 0 Å². The Bertz CT molecular complexity index is 567. The SMILES string of the molecule is CN1CCC(NCc2ccc(NC=C(C#N)C#N)cc2)CC1. The molecule has 5 nitrogen and oxygen atoms in total. The second kappa shape index (κ2) is 8.19. The van der Waals surface area contributed by atoms with Crippen molar-refractivity contribution in [2.45, 2.75) is 25.4 Å². The van der Waals surface area contributed by atoms with Crippen molar-refractivity contribution in [3.8, 4) is 12.1 Å². The molecule has 0 aliphatic carbocycles. The van der Waals surface area contributed by atoms with Gasteiger partial charge in [-0.15, -0.1) is 0 Å². The molecule has 0 atom stereocenters. The largest absolute Gasteiger partial charge is 0.360 e. The van der Waals surface area contributed by atoms with Crippen LogP contribution in [-0.4, -0.2) is 31.1 Å². The minimum atomic E-state index is 0.0630. The number of allylic oxidation sites excluding steroid dienone is 1. The van der Waals surface area contributed by atoms with Crippen LogP contribution < -0.4 is 10.6 Å². The second-order valence-electron chi connectivity index (χ2n) is 5.58. The van der Waals surface area contributed by atoms with Crippen molar-refractivity contribution >= 4 is 5.69 Å². The summed E-state index contributed by atoms with van der Waals surface area (Å²) in [6.45, 7) is 3.19. The molecule has 1 fully saturated rings. The van der Waals surface area contributed by atoms with Crippen LogP contribution in [0.15, 0.2) is 36.0 Å². The number of nitriles is 2. The molecule has 1 aromatic rings. The highest BCUT2D eigenvalue weighted by molar-refractivity contribution is 5.50. The third-order valence-electron chi connectivity index (χ3n) is 3.89. The lowest BCUT2D eigenvalue weighted by molar-refractivity contribution is 0.234. The first-order valence-electron chi connectivity index (χ1n) is 7.49. The molecule has 0 radical (unpaired) electrons. The zero-order chi connectivity index (χ0) is 15.8. The molecule has 114 valence electrons. The highest BCUT2D eigenvalue weighted by atomic mass is 15.1. The fourth-order valence-electron chi connectivity index (χ4n) is 2.44. The lowest BCUT2D eigenvalue weighted by Crippen LogP contribution is -2.40. The van der Waals surface area contributed by atoms with Crippen LogP contribution in [0.2, 0.25) is 0 Å². The van der Waals surface area contributed by atoms with Crippen molar-refractivity contribution in [2.75, 3.05) is 25.5 Å². The summed E-state index contributed by atoms with van der Waals surface area (Å²) >= 11 is 0. The van der Waals surface area contributed by atoms with Crippen LogP contribution in [0.4, 0.5) is 5.69 Å². The van der Waals surface area contributed by atoms with E-state index in [0.29, 0.717) is 6.04 Å². The number of hydrogen-bond acceptors (Lipinski definition) is 5. The molecule has 2 rings (SSSR count). The number of anilines is 1. The minimum absolute atomic E-state index is 0.0630. The van der Waals surface area contributed by atoms with Crippen molar-refractivity contribution in [2.24, 2.45) is 0 Å². The zero-order valence-corrected chi connectivity index (χ0v) is 12.8. The topological polar surface area (TPSA) is 74.9 Å². The molecule has 22 heavy (non-hydrogen) atoms. The van der Waals surface area contributed by atoms with Gasteiger partial charge in [0.25, 0.3) is 0 Å². The Labute approximate surface area is 131 Å². The van der Waals surface area contributed by atoms with Crippen molar-refractivity contribution in [1.82, 2.24) is 10.2 Å². The van der Waals surface area contributed by atoms with E-state index in [0.717, 1.165) is 25.3 Å². The van der Waals surface area contributed by atoms with E-state index >= 15 is 0 Å². The van der Waals surface area contributed by atoms with Crippen molar-refractivity contribution < 1.29 is 0 Å². The number of likely N-dealkylation sites (tertiary alicyclic amines) is 1. The fraction of sp³-hybridized carbons (Fsp3) is 0.412. The maximum absolute atomic E-state index is 8.67. The molecule has 1 aromatic carbocycles. The highest BCUT2D eigenvalue weighted by Gasteiger charge is 2.15. The lowest BCUT2D eigenvalue weighted by atomic mass is 10.1. The number of benzene rings is 1. The second-order valence-corrected chi connectivity index (χ2v) is 5.58. The quantitative estimate of drug-likeness (QED) is 0.815. The van der Waals surface area contributed by atoms with E-state index in [9.17, 15) is 0 Å². The molecule has 0 spiro atoms. The molecule has 0 bridgehead atoms. The van der Waals surface area contributed by atoms with E-state index in [1.807, 2.05) is 24.3 Å². The standard InChI is InChI=1S/C17H21N5/c1-22-8-6-17(7-9-22)20-12-14-2-4-16(5-3-14)21-13-15(10-18)11-19/h2-5,13,17,20-21H,6-9,12H2,1H3. The van der Waals surface area contributed by atoms with Gasteiger partial charge in [0.15, 0.2) is 0 Å². The van der Waals surface area contributed by atoms with Gasteiger partial charge in [-0.3, -0.25) is 0 Å². The molecule has 5 heteroatoms. The molecule has 1 aliphatic rings. The predicted octanol–water partition coefficient (Wildman–Crippen LogP) is 2.21. The van der Waals surface area contributed by atoms with E-state index in [2.05, 4.69) is 34.7 Å². The maximum atomic E-state index is 8.67. The van der Waals surface area contributed by atoms with Crippen LogP contribution in [0.5, 0.6) is 0 Å². The van der Waals surface area contributed by atoms with Crippen LogP contribution >= 0.6 is 0 Å². The van der Waals surface area contributed by atoms with Crippen LogP contribution in [0, 0.1) is 22.7 Å². The molecular formula is C17H21N5. The average Bonchev–Trinajstić information content (AvgIpc) is 2.56. The number of piperidine rings is 1. The van der Waals surface area contributed by atoms with E-state index in [4.69, 9.17) is 10.5 Å². The molecule has 1 heterocycles. The van der Waals surface area contributed by atoms with Crippen molar-refractivity contribution in [1.29, 1.82) is 10.5 Å². The first-order chi connectivity index (χ1) is 10.7. The number of nitrogens with zero attached hydrogens (tertiary/aromatic N) is 3. The van der Waals surface area contributed by atoms with Gasteiger partial charge in [0.1, 0.15) is 17.7 Å². The summed E-state index contributed by atoms with van der Waals surface area (Å²) in [5, 5.41) is 23.9. The van der Waals surface area contributed by atoms with Gasteiger partial charge in [-0.2, -0.15) is 10.5 Å². The first-order valence-corrected chi connectivity index (χ1v) is 7.49. The molecule has 0 saturated carbocycles. The Kier molecular flexibility index (Phi) is 5.97. The number of hydrogen-bond donors (Lipinski definition) is 2. The van der Waals surface area contributed by atoms with E-state index in [-0.39, 0.29) is 5.57 Å². The van der Waals surface area contributed by atoms with Crippen LogP contribution in [0.25, 0.3) is 0 Å². The van der Waals surface area contributed by atoms with Crippen molar-refractivity contribution in [3.63, 3.8) is 0 Å². The van der Waals surface area contributed by atoms with E-state index < -0.39 is 0 Å². The number of rotatable bonds is 5. The van der Waals surface area contributed by atoms with Gasteiger partial charge in [-0.05, 0) is 50.7 Å². The smallest absolute Gasteiger partial charge is 0.145 e. The Morgan fingerprint density at radius 2 is 1.86 bits per heavy atom. The Morgan fingerprint density at radius 3 is 2.45 bits per heavy atom. The molecule has 1 saturated heterocycles. The summed E-state index contributed by atoms with van der Waals surface area (Å²) < 4.78 is 0. The van der Waals surface area contributed by atoms with Gasteiger partial charge >= 0.3 is 0 Å². The number of nitrogens with one attached hydrogen (secondary N) is 2. The molecule has 0 unspecified atom stereocenters. The maximum Gasteiger partial charge on any atom is 0.145 e. The van der Waals surface area contributed by atoms with Gasteiger partial charge in [0, 0.05) is 24.5 Å². The Hall–Kier alpha value is -2.34. The summed E-state index contributed by atoms with van der Waals surface area (Å²) in [5.41, 5.74) is 2.16. The average molecular weight is 295 g/mol. The normalized spacial score (nSPS) is 15.6. The molecule has 0 amide bonds. The van der Waals surface area contributed by atoms with Gasteiger partial charge in [-0.25, -0.2) is 0 Å². The summed E-state index contributed by atoms with van der Waals surface area (Å²) in [6, 6.07) is 12.2. The third-order valence-corrected chi connectivity index (χ3v) is 3.89. The summed E-state index contributed by atoms with van der Waals surface area (Å²) in [7, 11) is 2.17. The van der Waals surface area contributed by atoms with E-state index in [1.54, 1.807) is 0 Å². The van der Waals surface area contributed by atoms with Crippen LogP contribution in [-0.2, 0) is 6.54 Å². The first kappa shape index (κ1) is 16.0. The Morgan fingerprint density at radius 1 is 1.23 bits per heavy atom. The molecular weight excluding hydrogens is 274 g/mol. The summed E-state index contributed by atoms with van der Waals surface area (Å²) in [6.07, 6.45) is 3.82. The van der Waals surface area contributed by atoms with Crippen LogP contribution in [0.1, 0.15) is 18.4 Å². The third kappa shape index (κ3) is 4.89. The zero-order valence-electron chi connectivity index (χ0n) is 12.8. The lowest BCUT2D eigenvalue weighted by Gasteiger charge is -2.29. The van der Waals surface area contributed by atoms with Crippen molar-refractivity contribution in [3.05, 3.63) is 41.6 Å². The Balaban J connectivity index is 1.81. The summed E-state index contributed by atoms with van der Waals surface area (Å²) in [4.78, 5) is 2.36. The summed E-state index contributed by atoms with van der Waals surface area (Å²) in [5.74, 6) is 0. The van der Waals surface area contributed by atoms with Gasteiger partial charge < -0.3 is 15.5 Å². The minimum Gasteiger partial charge on any atom is -0.360 e. The monoisotopic (exact) mass is 295 g/mol. The highest BCUT2D eigenvalue weighted by Crippen LogP contribution is 2.12. The van der Waals surface area contributed by atoms with Crippen LogP contribution in [0.3, 0.4) is 0 Å². The fourth-order valence-corrected chi connectivity index (χ4v) is 2.44. The van der Waals surface area contributed by atoms with Gasteiger partial charge in [0.05, 0.1) is 0 Å².